The van der Waals surface area contributed by atoms with Crippen molar-refractivity contribution in [1.82, 2.24) is 19.8 Å². The standard InChI is InChI=1S/C36H40Cl2N4O4/c1-45-35-27(31-11-5-17-41(31)19-21-43)13-15-29(39-35)25-9-3-7-23(33(25)37)24-8-4-10-26(34(24)38)30-16-14-28(36(40-30)46-2)32-12-6-18-42(32)20-22-44/h3-4,7-10,13-16,31-32,43-44H,5-6,11-12,17-22H2,1-2H3/t31-,32-/m0/s1. The van der Waals surface area contributed by atoms with Crippen LogP contribution in [-0.2, 0) is 0 Å². The van der Waals surface area contributed by atoms with E-state index in [4.69, 9.17) is 42.6 Å². The molecule has 2 atom stereocenters. The average Bonchev–Trinajstić information content (AvgIpc) is 3.74. The van der Waals surface area contributed by atoms with Crippen LogP contribution in [0.1, 0.15) is 48.9 Å². The van der Waals surface area contributed by atoms with Crippen LogP contribution in [0, 0.1) is 0 Å². The van der Waals surface area contributed by atoms with Gasteiger partial charge in [0, 0.05) is 58.6 Å². The number of ether oxygens (including phenoxy) is 2. The second kappa shape index (κ2) is 14.7. The Balaban J connectivity index is 1.33. The summed E-state index contributed by atoms with van der Waals surface area (Å²) in [6.45, 7) is 3.38. The van der Waals surface area contributed by atoms with Gasteiger partial charge in [-0.3, -0.25) is 9.80 Å². The number of methoxy groups -OCH3 is 2. The summed E-state index contributed by atoms with van der Waals surface area (Å²) in [6, 6.07) is 20.2. The van der Waals surface area contributed by atoms with Gasteiger partial charge in [-0.15, -0.1) is 0 Å². The molecule has 0 unspecified atom stereocenters. The first-order chi connectivity index (χ1) is 22.5. The van der Waals surface area contributed by atoms with E-state index in [0.29, 0.717) is 46.3 Å². The molecule has 2 N–H and O–H groups in total. The molecular formula is C36H40Cl2N4O4. The number of likely N-dealkylation sites (tertiary alicyclic amines) is 2. The second-order valence-electron chi connectivity index (χ2n) is 11.8. The molecule has 0 bridgehead atoms. The maximum absolute atomic E-state index is 9.53. The van der Waals surface area contributed by atoms with Gasteiger partial charge in [0.25, 0.3) is 0 Å². The van der Waals surface area contributed by atoms with Crippen molar-refractivity contribution in [3.8, 4) is 45.4 Å². The van der Waals surface area contributed by atoms with Crippen LogP contribution in [0.2, 0.25) is 10.0 Å². The molecule has 2 saturated heterocycles. The van der Waals surface area contributed by atoms with Crippen molar-refractivity contribution in [2.75, 3.05) is 53.6 Å². The zero-order chi connectivity index (χ0) is 32.2. The van der Waals surface area contributed by atoms with E-state index in [1.54, 1.807) is 14.2 Å². The van der Waals surface area contributed by atoms with Crippen molar-refractivity contribution in [3.63, 3.8) is 0 Å². The van der Waals surface area contributed by atoms with Gasteiger partial charge in [-0.05, 0) is 63.0 Å². The molecule has 2 fully saturated rings. The zero-order valence-corrected chi connectivity index (χ0v) is 27.8. The summed E-state index contributed by atoms with van der Waals surface area (Å²) in [5, 5.41) is 20.1. The molecule has 242 valence electrons. The highest BCUT2D eigenvalue weighted by atomic mass is 35.5. The molecule has 2 aliphatic heterocycles. The van der Waals surface area contributed by atoms with E-state index >= 15 is 0 Å². The summed E-state index contributed by atoms with van der Waals surface area (Å²) in [7, 11) is 3.28. The Labute approximate surface area is 280 Å². The topological polar surface area (TPSA) is 91.2 Å². The first-order valence-corrected chi connectivity index (χ1v) is 16.6. The van der Waals surface area contributed by atoms with E-state index in [9.17, 15) is 10.2 Å². The van der Waals surface area contributed by atoms with E-state index in [1.807, 2.05) is 48.5 Å². The predicted octanol–water partition coefficient (Wildman–Crippen LogP) is 7.06. The van der Waals surface area contributed by atoms with E-state index in [0.717, 1.165) is 72.2 Å². The molecule has 10 heteroatoms. The predicted molar refractivity (Wildman–Crippen MR) is 183 cm³/mol. The van der Waals surface area contributed by atoms with Gasteiger partial charge < -0.3 is 19.7 Å². The molecular weight excluding hydrogens is 623 g/mol. The molecule has 2 aromatic carbocycles. The molecule has 8 nitrogen and oxygen atoms in total. The smallest absolute Gasteiger partial charge is 0.218 e. The van der Waals surface area contributed by atoms with E-state index < -0.39 is 0 Å². The van der Waals surface area contributed by atoms with Gasteiger partial charge in [-0.2, -0.15) is 0 Å². The van der Waals surface area contributed by atoms with E-state index in [-0.39, 0.29) is 25.3 Å². The molecule has 0 aliphatic carbocycles. The molecule has 4 heterocycles. The van der Waals surface area contributed by atoms with Crippen LogP contribution in [-0.4, -0.2) is 83.6 Å². The quantitative estimate of drug-likeness (QED) is 0.176. The molecule has 0 spiro atoms. The molecule has 0 radical (unpaired) electrons. The number of aromatic nitrogens is 2. The monoisotopic (exact) mass is 662 g/mol. The van der Waals surface area contributed by atoms with Crippen LogP contribution in [0.25, 0.3) is 33.6 Å². The van der Waals surface area contributed by atoms with Gasteiger partial charge in [-0.25, -0.2) is 9.97 Å². The number of β-amino-alcohol motifs (C(OH)–C–C–N with tert-alkyl or cyclic N) is 2. The Kier molecular flexibility index (Phi) is 10.4. The Morgan fingerprint density at radius 3 is 1.46 bits per heavy atom. The number of pyridine rings is 2. The number of rotatable bonds is 11. The molecule has 2 aromatic heterocycles. The van der Waals surface area contributed by atoms with Crippen molar-refractivity contribution in [1.29, 1.82) is 0 Å². The van der Waals surface area contributed by atoms with Crippen molar-refractivity contribution in [2.24, 2.45) is 0 Å². The second-order valence-corrected chi connectivity index (χ2v) is 12.5. The van der Waals surface area contributed by atoms with Crippen LogP contribution in [0.3, 0.4) is 0 Å². The first kappa shape index (κ1) is 32.7. The minimum absolute atomic E-state index is 0.121. The highest BCUT2D eigenvalue weighted by molar-refractivity contribution is 6.39. The molecule has 2 aliphatic rings. The minimum atomic E-state index is 0.121. The van der Waals surface area contributed by atoms with Gasteiger partial charge in [0.15, 0.2) is 0 Å². The lowest BCUT2D eigenvalue weighted by atomic mass is 9.97. The molecule has 6 rings (SSSR count). The van der Waals surface area contributed by atoms with Crippen LogP contribution in [0.15, 0.2) is 60.7 Å². The highest BCUT2D eigenvalue weighted by Gasteiger charge is 2.30. The number of halogens is 2. The Hall–Kier alpha value is -3.24. The minimum Gasteiger partial charge on any atom is -0.481 e. The number of hydrogen-bond donors (Lipinski definition) is 2. The van der Waals surface area contributed by atoms with Crippen molar-refractivity contribution in [2.45, 2.75) is 37.8 Å². The van der Waals surface area contributed by atoms with Gasteiger partial charge in [0.1, 0.15) is 0 Å². The van der Waals surface area contributed by atoms with Gasteiger partial charge in [-0.1, -0.05) is 59.6 Å². The first-order valence-electron chi connectivity index (χ1n) is 15.9. The lowest BCUT2D eigenvalue weighted by Gasteiger charge is -2.25. The zero-order valence-electron chi connectivity index (χ0n) is 26.3. The van der Waals surface area contributed by atoms with E-state index in [2.05, 4.69) is 21.9 Å². The lowest BCUT2D eigenvalue weighted by Crippen LogP contribution is -2.26. The Morgan fingerprint density at radius 1 is 0.652 bits per heavy atom. The van der Waals surface area contributed by atoms with Crippen molar-refractivity contribution < 1.29 is 19.7 Å². The SMILES string of the molecule is COc1nc(-c2cccc(-c3cccc(-c4ccc([C@@H]5CCCN5CCO)c(OC)n4)c3Cl)c2Cl)ccc1[C@@H]1CCCN1CCO. The number of nitrogens with zero attached hydrogens (tertiary/aromatic N) is 4. The molecule has 46 heavy (non-hydrogen) atoms. The molecule has 4 aromatic rings. The summed E-state index contributed by atoms with van der Waals surface area (Å²) in [5.74, 6) is 1.13. The van der Waals surface area contributed by atoms with Crippen LogP contribution >= 0.6 is 23.2 Å². The maximum Gasteiger partial charge on any atom is 0.218 e. The Morgan fingerprint density at radius 2 is 1.07 bits per heavy atom. The number of aliphatic hydroxyl groups excluding tert-OH is 2. The third-order valence-corrected chi connectivity index (χ3v) is 10.0. The summed E-state index contributed by atoms with van der Waals surface area (Å²) in [5.41, 5.74) is 6.57. The fourth-order valence-corrected chi connectivity index (χ4v) is 7.71. The summed E-state index contributed by atoms with van der Waals surface area (Å²) >= 11 is 14.2. The summed E-state index contributed by atoms with van der Waals surface area (Å²) < 4.78 is 11.5. The van der Waals surface area contributed by atoms with Crippen LogP contribution in [0.5, 0.6) is 11.8 Å². The summed E-state index contributed by atoms with van der Waals surface area (Å²) in [4.78, 5) is 14.3. The molecule has 0 saturated carbocycles. The van der Waals surface area contributed by atoms with Crippen molar-refractivity contribution >= 4 is 23.2 Å². The van der Waals surface area contributed by atoms with Gasteiger partial charge >= 0.3 is 0 Å². The Bertz CT molecular complexity index is 1560. The maximum atomic E-state index is 9.53. The van der Waals surface area contributed by atoms with Crippen molar-refractivity contribution in [3.05, 3.63) is 81.8 Å². The highest BCUT2D eigenvalue weighted by Crippen LogP contribution is 2.44. The normalized spacial score (nSPS) is 18.7. The van der Waals surface area contributed by atoms with Gasteiger partial charge in [0.2, 0.25) is 11.8 Å². The van der Waals surface area contributed by atoms with E-state index in [1.165, 1.54) is 0 Å². The largest absolute Gasteiger partial charge is 0.481 e. The van der Waals surface area contributed by atoms with Crippen LogP contribution in [0.4, 0.5) is 0 Å². The van der Waals surface area contributed by atoms with Gasteiger partial charge in [0.05, 0.1) is 48.9 Å². The third kappa shape index (κ3) is 6.35. The average molecular weight is 664 g/mol. The fourth-order valence-electron chi connectivity index (χ4n) is 7.06. The number of aliphatic hydroxyl groups is 2. The fraction of sp³-hybridized carbons (Fsp3) is 0.389. The number of hydrogen-bond acceptors (Lipinski definition) is 8. The molecule has 0 amide bonds. The number of benzene rings is 2. The third-order valence-electron chi connectivity index (χ3n) is 9.23. The summed E-state index contributed by atoms with van der Waals surface area (Å²) in [6.07, 6.45) is 4.13. The van der Waals surface area contributed by atoms with Crippen LogP contribution < -0.4 is 9.47 Å². The lowest BCUT2D eigenvalue weighted by molar-refractivity contribution is 0.183.